The minimum Gasteiger partial charge on any atom is -0.356 e. The topological polar surface area (TPSA) is 58.4 Å². The summed E-state index contributed by atoms with van der Waals surface area (Å²) in [7, 11) is 0. The number of likely N-dealkylation sites (tertiary alicyclic amines) is 1. The third-order valence-corrected chi connectivity index (χ3v) is 6.22. The minimum atomic E-state index is 0.0988. The fourth-order valence-electron chi connectivity index (χ4n) is 5.00. The number of rotatable bonds is 6. The molecule has 2 aliphatic carbocycles. The van der Waals surface area contributed by atoms with Gasteiger partial charge in [0.05, 0.1) is 5.92 Å². The summed E-state index contributed by atoms with van der Waals surface area (Å²) in [6.45, 7) is 6.88. The molecule has 3 aliphatic rings. The summed E-state index contributed by atoms with van der Waals surface area (Å²) >= 11 is 0. The summed E-state index contributed by atoms with van der Waals surface area (Å²) in [5, 5.41) is 3.15. The smallest absolute Gasteiger partial charge is 0.224 e. The Morgan fingerprint density at radius 3 is 2.77 bits per heavy atom. The highest BCUT2D eigenvalue weighted by atomic mass is 16.1. The van der Waals surface area contributed by atoms with Crippen LogP contribution >= 0.6 is 0 Å². The number of fused-ring (bicyclic) bond motifs is 2. The van der Waals surface area contributed by atoms with Gasteiger partial charge in [-0.1, -0.05) is 6.92 Å². The zero-order chi connectivity index (χ0) is 15.5. The highest BCUT2D eigenvalue weighted by molar-refractivity contribution is 5.80. The Labute approximate surface area is 135 Å². The first-order valence-electron chi connectivity index (χ1n) is 9.41. The van der Waals surface area contributed by atoms with Gasteiger partial charge in [0.15, 0.2) is 0 Å². The molecule has 5 unspecified atom stereocenters. The van der Waals surface area contributed by atoms with Crippen LogP contribution < -0.4 is 11.1 Å². The molecular formula is C18H33N3O. The lowest BCUT2D eigenvalue weighted by atomic mass is 9.84. The Kier molecular flexibility index (Phi) is 5.40. The van der Waals surface area contributed by atoms with Gasteiger partial charge < -0.3 is 16.0 Å². The van der Waals surface area contributed by atoms with Crippen LogP contribution in [0.5, 0.6) is 0 Å². The van der Waals surface area contributed by atoms with E-state index in [1.807, 2.05) is 0 Å². The first-order chi connectivity index (χ1) is 10.6. The molecular weight excluding hydrogens is 274 g/mol. The van der Waals surface area contributed by atoms with Gasteiger partial charge in [-0.25, -0.2) is 0 Å². The molecule has 126 valence electrons. The van der Waals surface area contributed by atoms with E-state index in [4.69, 9.17) is 5.73 Å². The van der Waals surface area contributed by atoms with E-state index in [9.17, 15) is 4.79 Å². The molecule has 1 aliphatic heterocycles. The number of piperidine rings is 1. The zero-order valence-electron chi connectivity index (χ0n) is 14.1. The summed E-state index contributed by atoms with van der Waals surface area (Å²) in [5.41, 5.74) is 6.24. The molecule has 3 N–H and O–H groups in total. The lowest BCUT2D eigenvalue weighted by Gasteiger charge is -2.30. The summed E-state index contributed by atoms with van der Waals surface area (Å²) < 4.78 is 0. The number of nitrogens with one attached hydrogen (secondary N) is 1. The number of carbonyl (C=O) groups excluding carboxylic acids is 1. The van der Waals surface area contributed by atoms with E-state index in [1.54, 1.807) is 0 Å². The number of hydrogen-bond acceptors (Lipinski definition) is 3. The molecule has 2 bridgehead atoms. The van der Waals surface area contributed by atoms with Crippen molar-refractivity contribution in [3.63, 3.8) is 0 Å². The van der Waals surface area contributed by atoms with Gasteiger partial charge in [0.2, 0.25) is 5.91 Å². The largest absolute Gasteiger partial charge is 0.356 e. The highest BCUT2D eigenvalue weighted by Gasteiger charge is 2.48. The van der Waals surface area contributed by atoms with Crippen molar-refractivity contribution in [2.45, 2.75) is 57.9 Å². The maximum Gasteiger partial charge on any atom is 0.224 e. The van der Waals surface area contributed by atoms with Crippen LogP contribution in [-0.2, 0) is 4.79 Å². The van der Waals surface area contributed by atoms with Crippen LogP contribution in [-0.4, -0.2) is 43.0 Å². The van der Waals surface area contributed by atoms with Crippen LogP contribution in [0, 0.1) is 23.7 Å². The van der Waals surface area contributed by atoms with Gasteiger partial charge in [0.25, 0.3) is 0 Å². The second-order valence-electron chi connectivity index (χ2n) is 7.98. The molecule has 5 atom stereocenters. The molecule has 0 radical (unpaired) electrons. The number of carbonyl (C=O) groups is 1. The third-order valence-electron chi connectivity index (χ3n) is 6.22. The third kappa shape index (κ3) is 3.65. The highest BCUT2D eigenvalue weighted by Crippen LogP contribution is 2.47. The maximum atomic E-state index is 12.4. The molecule has 1 heterocycles. The van der Waals surface area contributed by atoms with Crippen LogP contribution in [0.3, 0.4) is 0 Å². The van der Waals surface area contributed by atoms with E-state index in [-0.39, 0.29) is 17.9 Å². The fraction of sp³-hybridized carbons (Fsp3) is 0.944. The summed E-state index contributed by atoms with van der Waals surface area (Å²) in [4.78, 5) is 14.9. The molecule has 22 heavy (non-hydrogen) atoms. The number of nitrogens with two attached hydrogens (primary N) is 1. The second kappa shape index (κ2) is 7.31. The molecule has 1 saturated heterocycles. The summed E-state index contributed by atoms with van der Waals surface area (Å²) in [6.07, 6.45) is 8.65. The predicted octanol–water partition coefficient (Wildman–Crippen LogP) is 1.99. The zero-order valence-corrected chi connectivity index (χ0v) is 14.1. The fourth-order valence-corrected chi connectivity index (χ4v) is 5.00. The van der Waals surface area contributed by atoms with Gasteiger partial charge in [-0.15, -0.1) is 0 Å². The number of hydrogen-bond donors (Lipinski definition) is 2. The van der Waals surface area contributed by atoms with E-state index in [0.717, 1.165) is 18.9 Å². The molecule has 0 aromatic carbocycles. The van der Waals surface area contributed by atoms with Gasteiger partial charge in [-0.05, 0) is 75.8 Å². The van der Waals surface area contributed by atoms with Crippen molar-refractivity contribution in [3.05, 3.63) is 0 Å². The van der Waals surface area contributed by atoms with E-state index in [1.165, 1.54) is 58.2 Å². The van der Waals surface area contributed by atoms with Crippen LogP contribution in [0.15, 0.2) is 0 Å². The van der Waals surface area contributed by atoms with Crippen molar-refractivity contribution in [1.29, 1.82) is 0 Å². The van der Waals surface area contributed by atoms with Crippen LogP contribution in [0.25, 0.3) is 0 Å². The van der Waals surface area contributed by atoms with Gasteiger partial charge in [0.1, 0.15) is 0 Å². The number of unbranched alkanes of at least 4 members (excludes halogenated alkanes) is 1. The summed E-state index contributed by atoms with van der Waals surface area (Å²) in [5.74, 6) is 2.36. The van der Waals surface area contributed by atoms with Crippen LogP contribution in [0.1, 0.15) is 51.9 Å². The molecule has 3 fully saturated rings. The summed E-state index contributed by atoms with van der Waals surface area (Å²) in [6, 6.07) is 0.119. The lowest BCUT2D eigenvalue weighted by molar-refractivity contribution is -0.127. The molecule has 4 heteroatoms. The van der Waals surface area contributed by atoms with Crippen molar-refractivity contribution in [3.8, 4) is 0 Å². The first kappa shape index (κ1) is 16.3. The van der Waals surface area contributed by atoms with E-state index < -0.39 is 0 Å². The van der Waals surface area contributed by atoms with Crippen LogP contribution in [0.4, 0.5) is 0 Å². The Morgan fingerprint density at radius 2 is 2.05 bits per heavy atom. The van der Waals surface area contributed by atoms with Crippen molar-refractivity contribution in [2.24, 2.45) is 29.4 Å². The quantitative estimate of drug-likeness (QED) is 0.738. The molecule has 0 aromatic heterocycles. The van der Waals surface area contributed by atoms with Crippen LogP contribution in [0.2, 0.25) is 0 Å². The van der Waals surface area contributed by atoms with E-state index in [2.05, 4.69) is 17.1 Å². The normalized spacial score (nSPS) is 38.4. The van der Waals surface area contributed by atoms with Crippen molar-refractivity contribution < 1.29 is 4.79 Å². The predicted molar refractivity (Wildman–Crippen MR) is 89.4 cm³/mol. The van der Waals surface area contributed by atoms with Gasteiger partial charge >= 0.3 is 0 Å². The molecule has 0 spiro atoms. The number of amides is 1. The average Bonchev–Trinajstić information content (AvgIpc) is 3.07. The van der Waals surface area contributed by atoms with Gasteiger partial charge in [-0.3, -0.25) is 4.79 Å². The standard InChI is InChI=1S/C18H33N3O/c1-13-5-4-10-21(12-13)9-3-2-8-20-18(22)16-14-6-7-15(11-14)17(16)19/h13-17H,2-12,19H2,1H3,(H,20,22). The lowest BCUT2D eigenvalue weighted by Crippen LogP contribution is -2.45. The molecule has 0 aromatic rings. The minimum absolute atomic E-state index is 0.0988. The van der Waals surface area contributed by atoms with E-state index >= 15 is 0 Å². The maximum absolute atomic E-state index is 12.4. The SMILES string of the molecule is CC1CCCN(CCCCNC(=O)C2C3CCC(C3)C2N)C1. The van der Waals surface area contributed by atoms with Crippen molar-refractivity contribution >= 4 is 5.91 Å². The van der Waals surface area contributed by atoms with Crippen molar-refractivity contribution in [2.75, 3.05) is 26.2 Å². The monoisotopic (exact) mass is 307 g/mol. The number of nitrogens with zero attached hydrogens (tertiary/aromatic N) is 1. The average molecular weight is 307 g/mol. The van der Waals surface area contributed by atoms with Gasteiger partial charge in [0, 0.05) is 19.1 Å². The van der Waals surface area contributed by atoms with E-state index in [0.29, 0.717) is 11.8 Å². The Bertz CT molecular complexity index is 385. The molecule has 2 saturated carbocycles. The Balaban J connectivity index is 1.29. The molecule has 3 rings (SSSR count). The Morgan fingerprint density at radius 1 is 1.23 bits per heavy atom. The van der Waals surface area contributed by atoms with Crippen molar-refractivity contribution in [1.82, 2.24) is 10.2 Å². The molecule has 1 amide bonds. The molecule has 4 nitrogen and oxygen atoms in total. The second-order valence-corrected chi connectivity index (χ2v) is 7.98. The Hall–Kier alpha value is -0.610. The van der Waals surface area contributed by atoms with Gasteiger partial charge in [-0.2, -0.15) is 0 Å². The first-order valence-corrected chi connectivity index (χ1v) is 9.41.